The maximum atomic E-state index is 12.4. The summed E-state index contributed by atoms with van der Waals surface area (Å²) in [4.78, 5) is 36.3. The van der Waals surface area contributed by atoms with Crippen molar-refractivity contribution in [3.8, 4) is 23.0 Å². The van der Waals surface area contributed by atoms with Crippen LogP contribution in [0.5, 0.6) is 23.0 Å². The number of benzene rings is 2. The number of rotatable bonds is 16. The first-order valence-electron chi connectivity index (χ1n) is 14.1. The molecule has 45 heavy (non-hydrogen) atoms. The van der Waals surface area contributed by atoms with Crippen molar-refractivity contribution in [3.63, 3.8) is 0 Å². The molecule has 0 aromatic heterocycles. The molecule has 0 bridgehead atoms. The Balaban J connectivity index is 1.67. The van der Waals surface area contributed by atoms with Gasteiger partial charge in [0, 0.05) is 5.70 Å². The van der Waals surface area contributed by atoms with Gasteiger partial charge in [-0.3, -0.25) is 5.43 Å². The number of hydrogen-bond donors (Lipinski definition) is 4. The standard InChI is InChI=1S/C30H37IN4O10/c1-6-41-22-13-19(27-26(29(38)40-5)17(4)33-30(39)34-27)9-10-21(22)44-15-24(36)35-32-14-18-11-20(31)28(23(12-18)42-7-2)45-16-25(37)43-8-3/h9-14,24,27,35-36H,6-8,15-16H2,1-5H3,(H2,33,34,39)/b32-14-/t24-,27-/m1/s1. The Kier molecular flexibility index (Phi) is 13.5. The predicted octanol–water partition coefficient (Wildman–Crippen LogP) is 3.15. The Labute approximate surface area is 274 Å². The van der Waals surface area contributed by atoms with Crippen molar-refractivity contribution < 1.29 is 47.9 Å². The van der Waals surface area contributed by atoms with E-state index in [-0.39, 0.29) is 25.4 Å². The molecule has 0 radical (unpaired) electrons. The summed E-state index contributed by atoms with van der Waals surface area (Å²) in [6.07, 6.45) is 0.304. The highest BCUT2D eigenvalue weighted by atomic mass is 127. The Morgan fingerprint density at radius 2 is 1.78 bits per heavy atom. The molecule has 0 saturated carbocycles. The van der Waals surface area contributed by atoms with E-state index in [4.69, 9.17) is 28.4 Å². The highest BCUT2D eigenvalue weighted by molar-refractivity contribution is 14.1. The molecule has 4 N–H and O–H groups in total. The van der Waals surface area contributed by atoms with Crippen LogP contribution >= 0.6 is 22.6 Å². The molecule has 3 rings (SSSR count). The largest absolute Gasteiger partial charge is 0.490 e. The summed E-state index contributed by atoms with van der Waals surface area (Å²) >= 11 is 2.07. The molecule has 15 heteroatoms. The van der Waals surface area contributed by atoms with Gasteiger partial charge in [-0.1, -0.05) is 6.07 Å². The highest BCUT2D eigenvalue weighted by Crippen LogP contribution is 2.35. The molecule has 1 heterocycles. The van der Waals surface area contributed by atoms with E-state index in [0.717, 1.165) is 0 Å². The average molecular weight is 741 g/mol. The van der Waals surface area contributed by atoms with Crippen molar-refractivity contribution in [2.24, 2.45) is 5.10 Å². The lowest BCUT2D eigenvalue weighted by Crippen LogP contribution is -2.45. The molecular formula is C30H37IN4O10. The van der Waals surface area contributed by atoms with Gasteiger partial charge in [0.1, 0.15) is 6.61 Å². The number of allylic oxidation sites excluding steroid dienone is 1. The van der Waals surface area contributed by atoms with Crippen molar-refractivity contribution in [3.05, 3.63) is 56.3 Å². The van der Waals surface area contributed by atoms with Crippen molar-refractivity contribution in [2.75, 3.05) is 40.1 Å². The first-order chi connectivity index (χ1) is 21.6. The Morgan fingerprint density at radius 3 is 2.47 bits per heavy atom. The summed E-state index contributed by atoms with van der Waals surface area (Å²) in [5.74, 6) is 0.458. The number of hydrogen-bond acceptors (Lipinski definition) is 12. The molecular weight excluding hydrogens is 703 g/mol. The molecule has 0 spiro atoms. The highest BCUT2D eigenvalue weighted by Gasteiger charge is 2.32. The Morgan fingerprint density at radius 1 is 1.04 bits per heavy atom. The van der Waals surface area contributed by atoms with Crippen LogP contribution in [0.15, 0.2) is 46.7 Å². The van der Waals surface area contributed by atoms with E-state index >= 15 is 0 Å². The SMILES string of the molecule is CCOC(=O)COc1c(I)cc(/C=N\N[C@H](O)COc2ccc([C@H]3NC(=O)NC(C)=C3C(=O)OC)cc2OCC)cc1OCC. The number of carbonyl (C=O) groups is 3. The second kappa shape index (κ2) is 17.3. The van der Waals surface area contributed by atoms with Crippen LogP contribution in [-0.4, -0.2) is 75.7 Å². The molecule has 244 valence electrons. The topological polar surface area (TPSA) is 175 Å². The van der Waals surface area contributed by atoms with Crippen LogP contribution < -0.4 is 35.0 Å². The number of urea groups is 1. The molecule has 0 saturated heterocycles. The number of aliphatic hydroxyl groups excluding tert-OH is 1. The minimum atomic E-state index is -1.19. The van der Waals surface area contributed by atoms with Gasteiger partial charge in [0.05, 0.1) is 48.3 Å². The number of esters is 2. The normalized spacial score (nSPS) is 15.1. The molecule has 2 aromatic rings. The minimum Gasteiger partial charge on any atom is -0.490 e. The molecule has 1 aliphatic heterocycles. The molecule has 0 fully saturated rings. The molecule has 2 amide bonds. The monoisotopic (exact) mass is 740 g/mol. The first-order valence-corrected chi connectivity index (χ1v) is 15.2. The van der Waals surface area contributed by atoms with Gasteiger partial charge in [-0.2, -0.15) is 5.10 Å². The van der Waals surface area contributed by atoms with Gasteiger partial charge >= 0.3 is 18.0 Å². The lowest BCUT2D eigenvalue weighted by atomic mass is 9.95. The number of amides is 2. The van der Waals surface area contributed by atoms with Gasteiger partial charge in [0.25, 0.3) is 0 Å². The van der Waals surface area contributed by atoms with Crippen LogP contribution in [0.2, 0.25) is 0 Å². The number of halogens is 1. The van der Waals surface area contributed by atoms with Gasteiger partial charge in [0.15, 0.2) is 35.8 Å². The molecule has 1 aliphatic rings. The van der Waals surface area contributed by atoms with E-state index in [2.05, 4.69) is 43.8 Å². The fraction of sp³-hybridized carbons (Fsp3) is 0.400. The van der Waals surface area contributed by atoms with E-state index in [1.54, 1.807) is 51.1 Å². The molecule has 0 unspecified atom stereocenters. The number of aliphatic hydroxyl groups is 1. The van der Waals surface area contributed by atoms with Crippen LogP contribution in [0, 0.1) is 3.57 Å². The minimum absolute atomic E-state index is 0.185. The third-order valence-corrected chi connectivity index (χ3v) is 6.88. The van der Waals surface area contributed by atoms with Crippen LogP contribution in [0.1, 0.15) is 44.9 Å². The lowest BCUT2D eigenvalue weighted by Gasteiger charge is -2.28. The third-order valence-electron chi connectivity index (χ3n) is 6.08. The number of carbonyl (C=O) groups excluding carboxylic acids is 3. The molecule has 2 atom stereocenters. The van der Waals surface area contributed by atoms with Gasteiger partial charge in [-0.05, 0) is 85.7 Å². The summed E-state index contributed by atoms with van der Waals surface area (Å²) in [7, 11) is 1.27. The summed E-state index contributed by atoms with van der Waals surface area (Å²) in [6.45, 7) is 7.48. The summed E-state index contributed by atoms with van der Waals surface area (Å²) in [5, 5.41) is 19.9. The van der Waals surface area contributed by atoms with Crippen LogP contribution in [0.3, 0.4) is 0 Å². The van der Waals surface area contributed by atoms with Crippen molar-refractivity contribution in [1.82, 2.24) is 16.1 Å². The van der Waals surface area contributed by atoms with Crippen LogP contribution in [0.4, 0.5) is 4.79 Å². The van der Waals surface area contributed by atoms with E-state index in [9.17, 15) is 19.5 Å². The second-order valence-corrected chi connectivity index (χ2v) is 10.4. The van der Waals surface area contributed by atoms with Crippen molar-refractivity contribution in [2.45, 2.75) is 40.0 Å². The van der Waals surface area contributed by atoms with Gasteiger partial charge in [0.2, 0.25) is 0 Å². The first kappa shape index (κ1) is 35.2. The summed E-state index contributed by atoms with van der Waals surface area (Å²) < 4.78 is 33.4. The van der Waals surface area contributed by atoms with Gasteiger partial charge in [-0.25, -0.2) is 14.4 Å². The zero-order chi connectivity index (χ0) is 32.9. The van der Waals surface area contributed by atoms with Gasteiger partial charge < -0.3 is 44.2 Å². The summed E-state index contributed by atoms with van der Waals surface area (Å²) in [5.41, 5.74) is 4.46. The second-order valence-electron chi connectivity index (χ2n) is 9.27. The summed E-state index contributed by atoms with van der Waals surface area (Å²) in [6, 6.07) is 7.20. The van der Waals surface area contributed by atoms with Crippen LogP contribution in [-0.2, 0) is 19.1 Å². The van der Waals surface area contributed by atoms with Crippen molar-refractivity contribution >= 4 is 46.8 Å². The number of ether oxygens (including phenoxy) is 6. The van der Waals surface area contributed by atoms with Crippen molar-refractivity contribution in [1.29, 1.82) is 0 Å². The van der Waals surface area contributed by atoms with E-state index in [0.29, 0.717) is 56.6 Å². The quantitative estimate of drug-likeness (QED) is 0.0655. The Hall–Kier alpha value is -4.25. The van der Waals surface area contributed by atoms with E-state index < -0.39 is 30.2 Å². The third kappa shape index (κ3) is 9.87. The fourth-order valence-corrected chi connectivity index (χ4v) is 5.00. The maximum Gasteiger partial charge on any atom is 0.344 e. The number of hydrazone groups is 1. The number of methoxy groups -OCH3 is 1. The lowest BCUT2D eigenvalue weighted by molar-refractivity contribution is -0.145. The molecule has 2 aromatic carbocycles. The maximum absolute atomic E-state index is 12.4. The number of nitrogens with zero attached hydrogens (tertiary/aromatic N) is 1. The fourth-order valence-electron chi connectivity index (χ4n) is 4.22. The molecule has 0 aliphatic carbocycles. The van der Waals surface area contributed by atoms with Gasteiger partial charge in [-0.15, -0.1) is 0 Å². The molecule has 14 nitrogen and oxygen atoms in total. The predicted molar refractivity (Wildman–Crippen MR) is 171 cm³/mol. The van der Waals surface area contributed by atoms with Crippen LogP contribution in [0.25, 0.3) is 0 Å². The van der Waals surface area contributed by atoms with E-state index in [1.165, 1.54) is 13.3 Å². The smallest absolute Gasteiger partial charge is 0.344 e. The Bertz CT molecular complexity index is 1430. The zero-order valence-corrected chi connectivity index (χ0v) is 27.8. The average Bonchev–Trinajstić information content (AvgIpc) is 2.99. The van der Waals surface area contributed by atoms with E-state index in [1.807, 2.05) is 6.92 Å². The zero-order valence-electron chi connectivity index (χ0n) is 25.6. The number of nitrogens with one attached hydrogen (secondary N) is 3.